The summed E-state index contributed by atoms with van der Waals surface area (Å²) in [5, 5.41) is 2.87. The van der Waals surface area contributed by atoms with Crippen molar-refractivity contribution in [1.29, 1.82) is 0 Å². The summed E-state index contributed by atoms with van der Waals surface area (Å²) in [6.07, 6.45) is 3.30. The van der Waals surface area contributed by atoms with E-state index in [1.54, 1.807) is 30.6 Å². The zero-order chi connectivity index (χ0) is 17.1. The van der Waals surface area contributed by atoms with Gasteiger partial charge in [0.05, 0.1) is 5.56 Å². The van der Waals surface area contributed by atoms with Crippen LogP contribution in [0.4, 0.5) is 5.69 Å². The fraction of sp³-hybridized carbons (Fsp3) is 0.100. The highest BCUT2D eigenvalue weighted by molar-refractivity contribution is 6.04. The minimum absolute atomic E-state index is 0.220. The van der Waals surface area contributed by atoms with Gasteiger partial charge < -0.3 is 14.8 Å². The number of anilines is 1. The van der Waals surface area contributed by atoms with Crippen LogP contribution in [0.2, 0.25) is 0 Å². The van der Waals surface area contributed by atoms with E-state index in [4.69, 9.17) is 9.47 Å². The molecule has 1 aliphatic heterocycles. The number of hydrogen-bond acceptors (Lipinski definition) is 4. The molecule has 0 saturated carbocycles. The number of carbonyl (C=O) groups excluding carboxylic acids is 1. The van der Waals surface area contributed by atoms with E-state index in [1.165, 1.54) is 0 Å². The van der Waals surface area contributed by atoms with Crippen molar-refractivity contribution < 1.29 is 14.3 Å². The zero-order valence-corrected chi connectivity index (χ0v) is 13.4. The van der Waals surface area contributed by atoms with Gasteiger partial charge in [-0.2, -0.15) is 0 Å². The Morgan fingerprint density at radius 3 is 2.52 bits per heavy atom. The third kappa shape index (κ3) is 3.30. The van der Waals surface area contributed by atoms with E-state index in [0.717, 1.165) is 11.1 Å². The SMILES string of the molecule is O=C(Nc1ccc2c(c1)OCCO2)c1cncc(-c2ccccc2)c1. The molecule has 3 aromatic rings. The van der Waals surface area contributed by atoms with Gasteiger partial charge in [-0.1, -0.05) is 30.3 Å². The first kappa shape index (κ1) is 15.2. The molecule has 1 N–H and O–H groups in total. The number of pyridine rings is 1. The molecule has 5 heteroatoms. The molecule has 0 spiro atoms. The molecule has 0 unspecified atom stereocenters. The molecule has 1 aliphatic rings. The Labute approximate surface area is 145 Å². The van der Waals surface area contributed by atoms with Gasteiger partial charge in [0.1, 0.15) is 13.2 Å². The minimum atomic E-state index is -0.220. The van der Waals surface area contributed by atoms with Crippen LogP contribution in [-0.2, 0) is 0 Å². The van der Waals surface area contributed by atoms with Crippen molar-refractivity contribution in [3.05, 3.63) is 72.6 Å². The molecule has 0 atom stereocenters. The first-order valence-corrected chi connectivity index (χ1v) is 8.01. The van der Waals surface area contributed by atoms with Gasteiger partial charge in [-0.25, -0.2) is 0 Å². The second kappa shape index (κ2) is 6.65. The van der Waals surface area contributed by atoms with Crippen LogP contribution in [0.5, 0.6) is 11.5 Å². The highest BCUT2D eigenvalue weighted by Crippen LogP contribution is 2.32. The van der Waals surface area contributed by atoms with Crippen LogP contribution < -0.4 is 14.8 Å². The summed E-state index contributed by atoms with van der Waals surface area (Å²) in [6.45, 7) is 1.05. The van der Waals surface area contributed by atoms with E-state index in [2.05, 4.69) is 10.3 Å². The normalized spacial score (nSPS) is 12.5. The maximum atomic E-state index is 12.5. The van der Waals surface area contributed by atoms with Crippen LogP contribution >= 0.6 is 0 Å². The van der Waals surface area contributed by atoms with Gasteiger partial charge in [0.25, 0.3) is 5.91 Å². The van der Waals surface area contributed by atoms with Crippen molar-refractivity contribution in [2.75, 3.05) is 18.5 Å². The van der Waals surface area contributed by atoms with Crippen molar-refractivity contribution in [2.24, 2.45) is 0 Å². The summed E-state index contributed by atoms with van der Waals surface area (Å²) in [4.78, 5) is 16.7. The summed E-state index contributed by atoms with van der Waals surface area (Å²) in [6, 6.07) is 17.0. The van der Waals surface area contributed by atoms with E-state index >= 15 is 0 Å². The highest BCUT2D eigenvalue weighted by Gasteiger charge is 2.14. The Kier molecular flexibility index (Phi) is 4.04. The number of benzene rings is 2. The number of aromatic nitrogens is 1. The molecule has 0 aliphatic carbocycles. The lowest BCUT2D eigenvalue weighted by atomic mass is 10.1. The number of ether oxygens (including phenoxy) is 2. The summed E-state index contributed by atoms with van der Waals surface area (Å²) in [5.41, 5.74) is 3.06. The monoisotopic (exact) mass is 332 g/mol. The van der Waals surface area contributed by atoms with Crippen molar-refractivity contribution in [1.82, 2.24) is 4.98 Å². The standard InChI is InChI=1S/C20H16N2O3/c23-20(22-17-6-7-18-19(11-17)25-9-8-24-18)16-10-15(12-21-13-16)14-4-2-1-3-5-14/h1-7,10-13H,8-9H2,(H,22,23). The molecule has 0 saturated heterocycles. The number of nitrogens with zero attached hydrogens (tertiary/aromatic N) is 1. The average Bonchev–Trinajstić information content (AvgIpc) is 2.69. The molecule has 2 heterocycles. The van der Waals surface area contributed by atoms with Crippen LogP contribution in [0, 0.1) is 0 Å². The van der Waals surface area contributed by atoms with E-state index in [9.17, 15) is 4.79 Å². The first-order valence-electron chi connectivity index (χ1n) is 8.01. The number of carbonyl (C=O) groups is 1. The Hall–Kier alpha value is -3.34. The highest BCUT2D eigenvalue weighted by atomic mass is 16.6. The predicted octanol–water partition coefficient (Wildman–Crippen LogP) is 3.77. The molecule has 0 fully saturated rings. The van der Waals surface area contributed by atoms with E-state index in [-0.39, 0.29) is 5.91 Å². The van der Waals surface area contributed by atoms with Crippen molar-refractivity contribution in [3.8, 4) is 22.6 Å². The van der Waals surface area contributed by atoms with Gasteiger partial charge in [0.2, 0.25) is 0 Å². The largest absolute Gasteiger partial charge is 0.486 e. The van der Waals surface area contributed by atoms with Crippen LogP contribution in [0.1, 0.15) is 10.4 Å². The lowest BCUT2D eigenvalue weighted by molar-refractivity contribution is 0.102. The maximum absolute atomic E-state index is 12.5. The minimum Gasteiger partial charge on any atom is -0.486 e. The lowest BCUT2D eigenvalue weighted by Gasteiger charge is -2.19. The lowest BCUT2D eigenvalue weighted by Crippen LogP contribution is -2.16. The van der Waals surface area contributed by atoms with Crippen molar-refractivity contribution in [3.63, 3.8) is 0 Å². The van der Waals surface area contributed by atoms with Crippen LogP contribution in [0.25, 0.3) is 11.1 Å². The molecular weight excluding hydrogens is 316 g/mol. The topological polar surface area (TPSA) is 60.5 Å². The number of nitrogens with one attached hydrogen (secondary N) is 1. The molecule has 25 heavy (non-hydrogen) atoms. The van der Waals surface area contributed by atoms with Crippen LogP contribution in [-0.4, -0.2) is 24.1 Å². The molecular formula is C20H16N2O3. The van der Waals surface area contributed by atoms with Crippen LogP contribution in [0.15, 0.2) is 67.0 Å². The Balaban J connectivity index is 1.55. The molecule has 1 amide bonds. The maximum Gasteiger partial charge on any atom is 0.257 e. The van der Waals surface area contributed by atoms with Crippen molar-refractivity contribution >= 4 is 11.6 Å². The summed E-state index contributed by atoms with van der Waals surface area (Å²) in [5.74, 6) is 1.11. The average molecular weight is 332 g/mol. The molecule has 0 bridgehead atoms. The zero-order valence-electron chi connectivity index (χ0n) is 13.4. The number of rotatable bonds is 3. The van der Waals surface area contributed by atoms with E-state index in [0.29, 0.717) is 36.0 Å². The molecule has 0 radical (unpaired) electrons. The van der Waals surface area contributed by atoms with Gasteiger partial charge >= 0.3 is 0 Å². The number of hydrogen-bond donors (Lipinski definition) is 1. The van der Waals surface area contributed by atoms with Gasteiger partial charge in [-0.3, -0.25) is 9.78 Å². The Morgan fingerprint density at radius 1 is 0.880 bits per heavy atom. The van der Waals surface area contributed by atoms with Gasteiger partial charge in [0, 0.05) is 29.7 Å². The summed E-state index contributed by atoms with van der Waals surface area (Å²) < 4.78 is 11.0. The fourth-order valence-corrected chi connectivity index (χ4v) is 2.68. The molecule has 5 nitrogen and oxygen atoms in total. The fourth-order valence-electron chi connectivity index (χ4n) is 2.68. The summed E-state index contributed by atoms with van der Waals surface area (Å²) >= 11 is 0. The third-order valence-electron chi connectivity index (χ3n) is 3.91. The molecule has 4 rings (SSSR count). The number of fused-ring (bicyclic) bond motifs is 1. The van der Waals surface area contributed by atoms with E-state index < -0.39 is 0 Å². The van der Waals surface area contributed by atoms with Gasteiger partial charge in [0.15, 0.2) is 11.5 Å². The van der Waals surface area contributed by atoms with Gasteiger partial charge in [-0.05, 0) is 23.8 Å². The molecule has 2 aromatic carbocycles. The third-order valence-corrected chi connectivity index (χ3v) is 3.91. The smallest absolute Gasteiger partial charge is 0.257 e. The summed E-state index contributed by atoms with van der Waals surface area (Å²) in [7, 11) is 0. The van der Waals surface area contributed by atoms with E-state index in [1.807, 2.05) is 36.4 Å². The quantitative estimate of drug-likeness (QED) is 0.793. The second-order valence-electron chi connectivity index (χ2n) is 5.64. The number of amides is 1. The van der Waals surface area contributed by atoms with Crippen molar-refractivity contribution in [2.45, 2.75) is 0 Å². The molecule has 1 aromatic heterocycles. The van der Waals surface area contributed by atoms with Gasteiger partial charge in [-0.15, -0.1) is 0 Å². The Morgan fingerprint density at radius 2 is 1.68 bits per heavy atom. The second-order valence-corrected chi connectivity index (χ2v) is 5.64. The van der Waals surface area contributed by atoms with Crippen LogP contribution in [0.3, 0.4) is 0 Å². The Bertz CT molecular complexity index is 910. The first-order chi connectivity index (χ1) is 12.3. The molecule has 124 valence electrons. The predicted molar refractivity (Wildman–Crippen MR) is 95.1 cm³/mol.